The van der Waals surface area contributed by atoms with Gasteiger partial charge in [0.15, 0.2) is 0 Å². The number of alkyl halides is 3. The Morgan fingerprint density at radius 3 is 2.35 bits per heavy atom. The van der Waals surface area contributed by atoms with Gasteiger partial charge in [-0.25, -0.2) is 9.18 Å². The molecule has 26 heavy (non-hydrogen) atoms. The highest BCUT2D eigenvalue weighted by Gasteiger charge is 2.41. The van der Waals surface area contributed by atoms with E-state index in [1.807, 2.05) is 0 Å². The van der Waals surface area contributed by atoms with Crippen molar-refractivity contribution in [1.82, 2.24) is 4.90 Å². The van der Waals surface area contributed by atoms with Gasteiger partial charge in [-0.15, -0.1) is 0 Å². The van der Waals surface area contributed by atoms with Gasteiger partial charge in [-0.2, -0.15) is 13.2 Å². The van der Waals surface area contributed by atoms with Gasteiger partial charge in [-0.05, 0) is 49.8 Å². The van der Waals surface area contributed by atoms with Crippen LogP contribution in [0.4, 0.5) is 28.0 Å². The summed E-state index contributed by atoms with van der Waals surface area (Å²) >= 11 is 0. The van der Waals surface area contributed by atoms with Gasteiger partial charge in [0.25, 0.3) is 0 Å². The summed E-state index contributed by atoms with van der Waals surface area (Å²) in [7, 11) is 0. The molecule has 0 bridgehead atoms. The van der Waals surface area contributed by atoms with Crippen molar-refractivity contribution in [3.05, 3.63) is 29.6 Å². The lowest BCUT2D eigenvalue weighted by Gasteiger charge is -2.41. The van der Waals surface area contributed by atoms with E-state index in [1.54, 1.807) is 0 Å². The SMILES string of the molecule is O=C(Nc1cc(F)cc(C(F)(F)F)c1)N1CCC(O)(C2CCCC2)CC1. The Labute approximate surface area is 149 Å². The zero-order chi connectivity index (χ0) is 18.9. The maximum absolute atomic E-state index is 13.4. The molecule has 0 atom stereocenters. The van der Waals surface area contributed by atoms with Crippen LogP contribution in [0.5, 0.6) is 0 Å². The molecule has 1 aromatic carbocycles. The van der Waals surface area contributed by atoms with E-state index in [1.165, 1.54) is 4.90 Å². The summed E-state index contributed by atoms with van der Waals surface area (Å²) < 4.78 is 51.7. The van der Waals surface area contributed by atoms with Crippen LogP contribution in [0.1, 0.15) is 44.1 Å². The van der Waals surface area contributed by atoms with Crippen LogP contribution < -0.4 is 5.32 Å². The standard InChI is InChI=1S/C18H22F4N2O2/c19-14-9-13(18(20,21)22)10-15(11-14)23-16(25)24-7-5-17(26,6-8-24)12-3-1-2-4-12/h9-12,26H,1-8H2,(H,23,25). The molecule has 0 aromatic heterocycles. The fraction of sp³-hybridized carbons (Fsp3) is 0.611. The van der Waals surface area contributed by atoms with Crippen molar-refractivity contribution in [3.8, 4) is 0 Å². The highest BCUT2D eigenvalue weighted by molar-refractivity contribution is 5.89. The van der Waals surface area contributed by atoms with E-state index in [9.17, 15) is 27.5 Å². The second-order valence-electron chi connectivity index (χ2n) is 7.23. The van der Waals surface area contributed by atoms with Crippen LogP contribution in [0, 0.1) is 11.7 Å². The minimum absolute atomic E-state index is 0.237. The number of nitrogens with one attached hydrogen (secondary N) is 1. The van der Waals surface area contributed by atoms with Crippen molar-refractivity contribution >= 4 is 11.7 Å². The number of likely N-dealkylation sites (tertiary alicyclic amines) is 1. The van der Waals surface area contributed by atoms with Gasteiger partial charge in [0.05, 0.1) is 11.2 Å². The number of anilines is 1. The smallest absolute Gasteiger partial charge is 0.389 e. The summed E-state index contributed by atoms with van der Waals surface area (Å²) in [6.45, 7) is 0.639. The molecule has 0 radical (unpaired) electrons. The molecule has 1 saturated heterocycles. The van der Waals surface area contributed by atoms with Gasteiger partial charge < -0.3 is 15.3 Å². The molecule has 3 rings (SSSR count). The van der Waals surface area contributed by atoms with Crippen molar-refractivity contribution in [3.63, 3.8) is 0 Å². The molecule has 1 aromatic rings. The Morgan fingerprint density at radius 2 is 1.77 bits per heavy atom. The van der Waals surface area contributed by atoms with E-state index in [2.05, 4.69) is 5.32 Å². The first-order valence-corrected chi connectivity index (χ1v) is 8.83. The molecule has 0 unspecified atom stereocenters. The molecular weight excluding hydrogens is 352 g/mol. The fourth-order valence-electron chi connectivity index (χ4n) is 4.00. The number of nitrogens with zero attached hydrogens (tertiary/aromatic N) is 1. The molecule has 144 valence electrons. The first kappa shape index (κ1) is 18.9. The number of aliphatic hydroxyl groups is 1. The number of rotatable bonds is 2. The van der Waals surface area contributed by atoms with Crippen molar-refractivity contribution in [2.24, 2.45) is 5.92 Å². The molecule has 4 nitrogen and oxygen atoms in total. The van der Waals surface area contributed by atoms with Crippen molar-refractivity contribution in [2.75, 3.05) is 18.4 Å². The summed E-state index contributed by atoms with van der Waals surface area (Å²) in [6, 6.07) is 1.36. The minimum atomic E-state index is -4.69. The molecule has 2 amide bonds. The average molecular weight is 374 g/mol. The molecule has 2 N–H and O–H groups in total. The Morgan fingerprint density at radius 1 is 1.15 bits per heavy atom. The highest BCUT2D eigenvalue weighted by atomic mass is 19.4. The molecular formula is C18H22F4N2O2. The second kappa shape index (κ2) is 7.06. The first-order valence-electron chi connectivity index (χ1n) is 8.83. The summed E-state index contributed by atoms with van der Waals surface area (Å²) in [6.07, 6.45) is 0.406. The topological polar surface area (TPSA) is 52.6 Å². The molecule has 8 heteroatoms. The fourth-order valence-corrected chi connectivity index (χ4v) is 4.00. The zero-order valence-corrected chi connectivity index (χ0v) is 14.3. The largest absolute Gasteiger partial charge is 0.416 e. The monoisotopic (exact) mass is 374 g/mol. The molecule has 1 aliphatic heterocycles. The van der Waals surface area contributed by atoms with Crippen molar-refractivity contribution in [2.45, 2.75) is 50.3 Å². The maximum Gasteiger partial charge on any atom is 0.416 e. The number of amides is 2. The van der Waals surface area contributed by atoms with Crippen molar-refractivity contribution in [1.29, 1.82) is 0 Å². The second-order valence-corrected chi connectivity index (χ2v) is 7.23. The number of carbonyl (C=O) groups is 1. The molecule has 1 saturated carbocycles. The van der Waals surface area contributed by atoms with Crippen molar-refractivity contribution < 1.29 is 27.5 Å². The first-order chi connectivity index (χ1) is 12.2. The van der Waals surface area contributed by atoms with Crippen LogP contribution in [0.3, 0.4) is 0 Å². The van der Waals surface area contributed by atoms with Gasteiger partial charge in [0.2, 0.25) is 0 Å². The third kappa shape index (κ3) is 4.11. The lowest BCUT2D eigenvalue weighted by Crippen LogP contribution is -2.50. The number of halogens is 4. The predicted molar refractivity (Wildman–Crippen MR) is 88.1 cm³/mol. The van der Waals surface area contributed by atoms with Crippen LogP contribution in [0.15, 0.2) is 18.2 Å². The number of carbonyl (C=O) groups excluding carboxylic acids is 1. The Balaban J connectivity index is 1.62. The summed E-state index contributed by atoms with van der Waals surface area (Å²) in [5.74, 6) is -0.811. The van der Waals surface area contributed by atoms with Crippen LogP contribution in [-0.4, -0.2) is 34.7 Å². The van der Waals surface area contributed by atoms with Crippen LogP contribution >= 0.6 is 0 Å². The van der Waals surface area contributed by atoms with Crippen LogP contribution in [0.2, 0.25) is 0 Å². The number of hydrogen-bond acceptors (Lipinski definition) is 2. The van der Waals surface area contributed by atoms with Crippen LogP contribution in [0.25, 0.3) is 0 Å². The molecule has 2 aliphatic rings. The number of benzene rings is 1. The third-order valence-electron chi connectivity index (χ3n) is 5.51. The summed E-state index contributed by atoms with van der Waals surface area (Å²) in [4.78, 5) is 13.7. The van der Waals surface area contributed by atoms with Crippen LogP contribution in [-0.2, 0) is 6.18 Å². The van der Waals surface area contributed by atoms with Gasteiger partial charge >= 0.3 is 12.2 Å². The third-order valence-corrected chi connectivity index (χ3v) is 5.51. The Bertz CT molecular complexity index is 664. The van der Waals surface area contributed by atoms with Gasteiger partial charge in [0, 0.05) is 18.8 Å². The van der Waals surface area contributed by atoms with E-state index in [0.29, 0.717) is 38.1 Å². The molecule has 2 fully saturated rings. The molecule has 1 heterocycles. The number of hydrogen-bond donors (Lipinski definition) is 2. The van der Waals surface area contributed by atoms with E-state index in [-0.39, 0.29) is 11.6 Å². The van der Waals surface area contributed by atoms with E-state index in [4.69, 9.17) is 0 Å². The quantitative estimate of drug-likeness (QED) is 0.754. The van der Waals surface area contributed by atoms with E-state index in [0.717, 1.165) is 31.7 Å². The lowest BCUT2D eigenvalue weighted by molar-refractivity contribution is -0.137. The van der Waals surface area contributed by atoms with Gasteiger partial charge in [-0.3, -0.25) is 0 Å². The average Bonchev–Trinajstić information content (AvgIpc) is 3.09. The van der Waals surface area contributed by atoms with E-state index < -0.39 is 29.2 Å². The molecule has 0 spiro atoms. The Hall–Kier alpha value is -1.83. The summed E-state index contributed by atoms with van der Waals surface area (Å²) in [5, 5.41) is 13.1. The number of piperidine rings is 1. The Kier molecular flexibility index (Phi) is 5.14. The minimum Gasteiger partial charge on any atom is -0.389 e. The molecule has 1 aliphatic carbocycles. The summed E-state index contributed by atoms with van der Waals surface area (Å²) in [5.41, 5.74) is -2.16. The lowest BCUT2D eigenvalue weighted by atomic mass is 9.78. The number of urea groups is 1. The zero-order valence-electron chi connectivity index (χ0n) is 14.3. The van der Waals surface area contributed by atoms with Gasteiger partial charge in [0.1, 0.15) is 5.82 Å². The maximum atomic E-state index is 13.4. The normalized spacial score (nSPS) is 21.0. The van der Waals surface area contributed by atoms with E-state index >= 15 is 0 Å². The highest BCUT2D eigenvalue weighted by Crippen LogP contribution is 2.40. The predicted octanol–water partition coefficient (Wildman–Crippen LogP) is 4.39. The van der Waals surface area contributed by atoms with Gasteiger partial charge in [-0.1, -0.05) is 12.8 Å².